The Kier molecular flexibility index (Phi) is 5.65. The van der Waals surface area contributed by atoms with E-state index in [0.717, 1.165) is 25.1 Å². The van der Waals surface area contributed by atoms with Gasteiger partial charge in [0.1, 0.15) is 5.75 Å². The van der Waals surface area contributed by atoms with Gasteiger partial charge in [0, 0.05) is 0 Å². The van der Waals surface area contributed by atoms with Gasteiger partial charge in [-0.2, -0.15) is 0 Å². The first-order valence-corrected chi connectivity index (χ1v) is 7.98. The van der Waals surface area contributed by atoms with Crippen LogP contribution in [0.4, 0.5) is 0 Å². The van der Waals surface area contributed by atoms with Gasteiger partial charge in [-0.15, -0.1) is 0 Å². The van der Waals surface area contributed by atoms with E-state index in [-0.39, 0.29) is 5.60 Å². The molecule has 2 rings (SSSR count). The van der Waals surface area contributed by atoms with Crippen LogP contribution in [-0.4, -0.2) is 32.4 Å². The third-order valence-corrected chi connectivity index (χ3v) is 4.34. The highest BCUT2D eigenvalue weighted by Crippen LogP contribution is 2.33. The van der Waals surface area contributed by atoms with Crippen molar-refractivity contribution in [3.05, 3.63) is 29.8 Å². The maximum absolute atomic E-state index is 6.16. The zero-order valence-electron chi connectivity index (χ0n) is 13.8. The lowest BCUT2D eigenvalue weighted by Crippen LogP contribution is -2.27. The van der Waals surface area contributed by atoms with Crippen molar-refractivity contribution in [2.24, 2.45) is 5.92 Å². The second-order valence-electron chi connectivity index (χ2n) is 6.71. The molecule has 2 atom stereocenters. The summed E-state index contributed by atoms with van der Waals surface area (Å²) in [5.41, 5.74) is 1.34. The van der Waals surface area contributed by atoms with Gasteiger partial charge in [0.15, 0.2) is 0 Å². The van der Waals surface area contributed by atoms with Crippen molar-refractivity contribution in [3.63, 3.8) is 0 Å². The molecule has 0 bridgehead atoms. The first kappa shape index (κ1) is 16.3. The molecule has 0 radical (unpaired) electrons. The van der Waals surface area contributed by atoms with E-state index in [4.69, 9.17) is 9.47 Å². The standard InChI is InChI=1S/C18H29NO2/c1-18(2)10-9-16(21-18)12-14(13-19-3)11-15-7-5-6-8-17(15)20-4/h5-8,14,16,19H,9-13H2,1-4H3. The number of hydrogen-bond acceptors (Lipinski definition) is 3. The van der Waals surface area contributed by atoms with Gasteiger partial charge in [-0.3, -0.25) is 0 Å². The van der Waals surface area contributed by atoms with Crippen LogP contribution in [0.15, 0.2) is 24.3 Å². The number of rotatable bonds is 7. The molecule has 118 valence electrons. The number of methoxy groups -OCH3 is 1. The summed E-state index contributed by atoms with van der Waals surface area (Å²) in [5.74, 6) is 1.57. The van der Waals surface area contributed by atoms with Crippen molar-refractivity contribution in [2.75, 3.05) is 20.7 Å². The fourth-order valence-electron chi connectivity index (χ4n) is 3.33. The molecule has 1 aliphatic heterocycles. The van der Waals surface area contributed by atoms with Crippen molar-refractivity contribution in [3.8, 4) is 5.75 Å². The van der Waals surface area contributed by atoms with Crippen LogP contribution in [0.2, 0.25) is 0 Å². The lowest BCUT2D eigenvalue weighted by Gasteiger charge is -2.24. The van der Waals surface area contributed by atoms with E-state index in [9.17, 15) is 0 Å². The second-order valence-corrected chi connectivity index (χ2v) is 6.71. The molecule has 21 heavy (non-hydrogen) atoms. The summed E-state index contributed by atoms with van der Waals surface area (Å²) < 4.78 is 11.6. The highest BCUT2D eigenvalue weighted by atomic mass is 16.5. The first-order chi connectivity index (χ1) is 10.0. The Hall–Kier alpha value is -1.06. The Balaban J connectivity index is 1.99. The maximum atomic E-state index is 6.16. The molecule has 1 aliphatic rings. The molecule has 2 unspecified atom stereocenters. The van der Waals surface area contributed by atoms with Crippen LogP contribution in [0.1, 0.15) is 38.7 Å². The van der Waals surface area contributed by atoms with Crippen molar-refractivity contribution < 1.29 is 9.47 Å². The monoisotopic (exact) mass is 291 g/mol. The molecule has 3 nitrogen and oxygen atoms in total. The van der Waals surface area contributed by atoms with Gasteiger partial charge in [0.2, 0.25) is 0 Å². The summed E-state index contributed by atoms with van der Waals surface area (Å²) in [7, 11) is 3.77. The van der Waals surface area contributed by atoms with E-state index < -0.39 is 0 Å². The zero-order valence-corrected chi connectivity index (χ0v) is 13.8. The lowest BCUT2D eigenvalue weighted by molar-refractivity contribution is -0.0244. The predicted molar refractivity (Wildman–Crippen MR) is 86.9 cm³/mol. The molecule has 0 saturated carbocycles. The average molecular weight is 291 g/mol. The fraction of sp³-hybridized carbons (Fsp3) is 0.667. The first-order valence-electron chi connectivity index (χ1n) is 7.98. The van der Waals surface area contributed by atoms with Crippen molar-refractivity contribution in [1.82, 2.24) is 5.32 Å². The third-order valence-electron chi connectivity index (χ3n) is 4.34. The molecule has 0 amide bonds. The summed E-state index contributed by atoms with van der Waals surface area (Å²) in [6, 6.07) is 8.32. The van der Waals surface area contributed by atoms with E-state index in [1.54, 1.807) is 7.11 Å². The van der Waals surface area contributed by atoms with Crippen molar-refractivity contribution >= 4 is 0 Å². The Morgan fingerprint density at radius 3 is 2.76 bits per heavy atom. The smallest absolute Gasteiger partial charge is 0.122 e. The topological polar surface area (TPSA) is 30.5 Å². The fourth-order valence-corrected chi connectivity index (χ4v) is 3.33. The molecule has 1 aromatic rings. The van der Waals surface area contributed by atoms with Crippen molar-refractivity contribution in [1.29, 1.82) is 0 Å². The molecule has 1 saturated heterocycles. The van der Waals surface area contributed by atoms with Gasteiger partial charge in [-0.25, -0.2) is 0 Å². The summed E-state index contributed by atoms with van der Waals surface area (Å²) in [4.78, 5) is 0. The number of hydrogen-bond donors (Lipinski definition) is 1. The molecular weight excluding hydrogens is 262 g/mol. The Bertz CT molecular complexity index is 445. The van der Waals surface area contributed by atoms with Crippen LogP contribution in [0.3, 0.4) is 0 Å². The van der Waals surface area contributed by atoms with E-state index in [0.29, 0.717) is 12.0 Å². The number of nitrogens with one attached hydrogen (secondary N) is 1. The van der Waals surface area contributed by atoms with E-state index in [1.165, 1.54) is 18.4 Å². The molecule has 1 fully saturated rings. The average Bonchev–Trinajstić information content (AvgIpc) is 2.79. The summed E-state index contributed by atoms with van der Waals surface area (Å²) in [6.45, 7) is 5.40. The van der Waals surface area contributed by atoms with E-state index >= 15 is 0 Å². The van der Waals surface area contributed by atoms with Gasteiger partial charge in [-0.1, -0.05) is 18.2 Å². The number of benzene rings is 1. The summed E-state index contributed by atoms with van der Waals surface area (Å²) in [6.07, 6.45) is 4.89. The maximum Gasteiger partial charge on any atom is 0.122 e. The predicted octanol–water partition coefficient (Wildman–Crippen LogP) is 3.42. The second kappa shape index (κ2) is 7.28. The number of para-hydroxylation sites is 1. The van der Waals surface area contributed by atoms with Gasteiger partial charge in [-0.05, 0) is 70.7 Å². The molecule has 3 heteroatoms. The highest BCUT2D eigenvalue weighted by molar-refractivity contribution is 5.33. The molecule has 0 aromatic heterocycles. The lowest BCUT2D eigenvalue weighted by atomic mass is 9.92. The minimum absolute atomic E-state index is 0.0549. The van der Waals surface area contributed by atoms with E-state index in [1.807, 2.05) is 19.2 Å². The minimum atomic E-state index is 0.0549. The van der Waals surface area contributed by atoms with Crippen LogP contribution in [0.5, 0.6) is 5.75 Å². The molecule has 1 aromatic carbocycles. The minimum Gasteiger partial charge on any atom is -0.496 e. The summed E-state index contributed by atoms with van der Waals surface area (Å²) >= 11 is 0. The molecular formula is C18H29NO2. The van der Waals surface area contributed by atoms with Crippen LogP contribution >= 0.6 is 0 Å². The largest absolute Gasteiger partial charge is 0.496 e. The summed E-state index contributed by atoms with van der Waals surface area (Å²) in [5, 5.41) is 3.32. The molecule has 1 heterocycles. The van der Waals surface area contributed by atoms with Gasteiger partial charge >= 0.3 is 0 Å². The quantitative estimate of drug-likeness (QED) is 0.835. The SMILES string of the molecule is CNCC(Cc1ccccc1OC)CC1CCC(C)(C)O1. The van der Waals surface area contributed by atoms with E-state index in [2.05, 4.69) is 31.3 Å². The van der Waals surface area contributed by atoms with Gasteiger partial charge in [0.25, 0.3) is 0 Å². The van der Waals surface area contributed by atoms with Crippen LogP contribution < -0.4 is 10.1 Å². The Morgan fingerprint density at radius 2 is 2.14 bits per heavy atom. The molecule has 0 aliphatic carbocycles. The van der Waals surface area contributed by atoms with Gasteiger partial charge in [0.05, 0.1) is 18.8 Å². The number of ether oxygens (including phenoxy) is 2. The highest BCUT2D eigenvalue weighted by Gasteiger charge is 2.32. The Morgan fingerprint density at radius 1 is 1.38 bits per heavy atom. The van der Waals surface area contributed by atoms with Crippen LogP contribution in [0.25, 0.3) is 0 Å². The van der Waals surface area contributed by atoms with Crippen LogP contribution in [0, 0.1) is 5.92 Å². The Labute approximate surface area is 129 Å². The third kappa shape index (κ3) is 4.72. The van der Waals surface area contributed by atoms with Crippen LogP contribution in [-0.2, 0) is 11.2 Å². The van der Waals surface area contributed by atoms with Crippen molar-refractivity contribution in [2.45, 2.75) is 51.2 Å². The van der Waals surface area contributed by atoms with Gasteiger partial charge < -0.3 is 14.8 Å². The zero-order chi connectivity index (χ0) is 15.3. The molecule has 1 N–H and O–H groups in total. The molecule has 0 spiro atoms. The normalized spacial score (nSPS) is 22.2.